The lowest BCUT2D eigenvalue weighted by Gasteiger charge is -2.34. The zero-order chi connectivity index (χ0) is 20.6. The van der Waals surface area contributed by atoms with Crippen molar-refractivity contribution in [2.45, 2.75) is 19.8 Å². The minimum Gasteiger partial charge on any atom is -0.405 e. The predicted octanol–water partition coefficient (Wildman–Crippen LogP) is 2.75. The number of rotatable bonds is 7. The van der Waals surface area contributed by atoms with E-state index >= 15 is 0 Å². The second-order valence-electron chi connectivity index (χ2n) is 7.17. The van der Waals surface area contributed by atoms with Gasteiger partial charge in [-0.25, -0.2) is 0 Å². The van der Waals surface area contributed by atoms with E-state index in [9.17, 15) is 13.2 Å². The zero-order valence-corrected chi connectivity index (χ0v) is 19.5. The highest BCUT2D eigenvalue weighted by molar-refractivity contribution is 14.0. The standard InChI is InChI=1S/C19H30F3N5O.HI/c1-15(14-27-10-8-26(3)9-11-27)12-24-18(23-2)25-13-16-6-4-5-7-17(16)28-19(20,21)22;/h4-7,15H,8-14H2,1-3H3,(H2,23,24,25);1H. The molecule has 1 aliphatic heterocycles. The van der Waals surface area contributed by atoms with E-state index in [4.69, 9.17) is 0 Å². The first kappa shape index (κ1) is 25.8. The van der Waals surface area contributed by atoms with Crippen molar-refractivity contribution in [3.63, 3.8) is 0 Å². The molecule has 0 radical (unpaired) electrons. The van der Waals surface area contributed by atoms with Crippen LogP contribution >= 0.6 is 24.0 Å². The van der Waals surface area contributed by atoms with Crippen molar-refractivity contribution in [2.24, 2.45) is 10.9 Å². The van der Waals surface area contributed by atoms with Gasteiger partial charge in [0.1, 0.15) is 5.75 Å². The van der Waals surface area contributed by atoms with E-state index in [1.165, 1.54) is 12.1 Å². The molecule has 1 fully saturated rings. The molecular weight excluding hydrogens is 498 g/mol. The number of hydrogen-bond donors (Lipinski definition) is 2. The largest absolute Gasteiger partial charge is 0.573 e. The summed E-state index contributed by atoms with van der Waals surface area (Å²) in [6.45, 7) is 8.40. The minimum atomic E-state index is -4.71. The molecule has 1 heterocycles. The van der Waals surface area contributed by atoms with Gasteiger partial charge < -0.3 is 25.2 Å². The lowest BCUT2D eigenvalue weighted by atomic mass is 10.1. The van der Waals surface area contributed by atoms with Crippen LogP contribution in [0.25, 0.3) is 0 Å². The van der Waals surface area contributed by atoms with Crippen LogP contribution in [-0.2, 0) is 6.54 Å². The summed E-state index contributed by atoms with van der Waals surface area (Å²) in [4.78, 5) is 8.92. The van der Waals surface area contributed by atoms with Gasteiger partial charge in [0, 0.05) is 58.4 Å². The fraction of sp³-hybridized carbons (Fsp3) is 0.632. The van der Waals surface area contributed by atoms with Gasteiger partial charge >= 0.3 is 6.36 Å². The van der Waals surface area contributed by atoms with Crippen molar-refractivity contribution < 1.29 is 17.9 Å². The Kier molecular flexibility index (Phi) is 11.0. The van der Waals surface area contributed by atoms with E-state index in [2.05, 4.69) is 44.1 Å². The van der Waals surface area contributed by atoms with Gasteiger partial charge in [-0.2, -0.15) is 0 Å². The van der Waals surface area contributed by atoms with Crippen LogP contribution in [0.5, 0.6) is 5.75 Å². The first-order chi connectivity index (χ1) is 13.3. The molecule has 1 aromatic rings. The summed E-state index contributed by atoms with van der Waals surface area (Å²) in [6.07, 6.45) is -4.71. The van der Waals surface area contributed by atoms with E-state index in [1.807, 2.05) is 0 Å². The van der Waals surface area contributed by atoms with Gasteiger partial charge in [0.05, 0.1) is 0 Å². The fourth-order valence-corrected chi connectivity index (χ4v) is 3.08. The highest BCUT2D eigenvalue weighted by atomic mass is 127. The van der Waals surface area contributed by atoms with Gasteiger partial charge in [0.15, 0.2) is 5.96 Å². The SMILES string of the molecule is CN=C(NCc1ccccc1OC(F)(F)F)NCC(C)CN1CCN(C)CC1.I. The molecule has 2 rings (SSSR count). The molecule has 0 saturated carbocycles. The number of aliphatic imine (C=N–C) groups is 1. The Hall–Kier alpha value is -1.27. The molecule has 0 bridgehead atoms. The Morgan fingerprint density at radius 2 is 1.83 bits per heavy atom. The number of hydrogen-bond acceptors (Lipinski definition) is 4. The van der Waals surface area contributed by atoms with Crippen LogP contribution in [0.4, 0.5) is 13.2 Å². The topological polar surface area (TPSA) is 52.1 Å². The van der Waals surface area contributed by atoms with Gasteiger partial charge in [-0.15, -0.1) is 37.1 Å². The summed E-state index contributed by atoms with van der Waals surface area (Å²) in [7, 11) is 3.77. The Morgan fingerprint density at radius 1 is 1.17 bits per heavy atom. The summed E-state index contributed by atoms with van der Waals surface area (Å²) in [5.74, 6) is 0.760. The van der Waals surface area contributed by atoms with Crippen LogP contribution in [0.1, 0.15) is 12.5 Å². The molecule has 29 heavy (non-hydrogen) atoms. The Labute approximate surface area is 187 Å². The molecule has 1 atom stereocenters. The monoisotopic (exact) mass is 529 g/mol. The van der Waals surface area contributed by atoms with Gasteiger partial charge in [-0.05, 0) is 19.0 Å². The molecule has 0 spiro atoms. The Balaban J connectivity index is 0.00000420. The molecule has 0 aliphatic carbocycles. The van der Waals surface area contributed by atoms with E-state index < -0.39 is 6.36 Å². The second kappa shape index (κ2) is 12.4. The molecule has 1 aliphatic rings. The maximum atomic E-state index is 12.5. The first-order valence-corrected chi connectivity index (χ1v) is 9.46. The number of ether oxygens (including phenoxy) is 1. The van der Waals surface area contributed by atoms with Crippen LogP contribution in [-0.4, -0.2) is 75.5 Å². The first-order valence-electron chi connectivity index (χ1n) is 9.46. The van der Waals surface area contributed by atoms with E-state index in [0.717, 1.165) is 39.3 Å². The number of piperazine rings is 1. The predicted molar refractivity (Wildman–Crippen MR) is 120 cm³/mol. The van der Waals surface area contributed by atoms with Gasteiger partial charge in [-0.1, -0.05) is 25.1 Å². The summed E-state index contributed by atoms with van der Waals surface area (Å²) in [6, 6.07) is 6.09. The van der Waals surface area contributed by atoms with E-state index in [1.54, 1.807) is 19.2 Å². The molecule has 1 unspecified atom stereocenters. The lowest BCUT2D eigenvalue weighted by Crippen LogP contribution is -2.47. The lowest BCUT2D eigenvalue weighted by molar-refractivity contribution is -0.274. The second-order valence-corrected chi connectivity index (χ2v) is 7.17. The number of halogens is 4. The van der Waals surface area contributed by atoms with E-state index in [0.29, 0.717) is 17.4 Å². The number of nitrogens with zero attached hydrogens (tertiary/aromatic N) is 3. The number of benzene rings is 1. The molecule has 2 N–H and O–H groups in total. The van der Waals surface area contributed by atoms with Crippen LogP contribution in [0, 0.1) is 5.92 Å². The third-order valence-corrected chi connectivity index (χ3v) is 4.65. The van der Waals surface area contributed by atoms with Crippen molar-refractivity contribution in [1.29, 1.82) is 0 Å². The molecule has 1 saturated heterocycles. The maximum Gasteiger partial charge on any atom is 0.573 e. The summed E-state index contributed by atoms with van der Waals surface area (Å²) in [5, 5.41) is 6.29. The summed E-state index contributed by atoms with van der Waals surface area (Å²) >= 11 is 0. The van der Waals surface area contributed by atoms with Crippen LogP contribution in [0.15, 0.2) is 29.3 Å². The highest BCUT2D eigenvalue weighted by Crippen LogP contribution is 2.26. The van der Waals surface area contributed by atoms with Crippen molar-refractivity contribution in [3.05, 3.63) is 29.8 Å². The van der Waals surface area contributed by atoms with Gasteiger partial charge in [-0.3, -0.25) is 4.99 Å². The van der Waals surface area contributed by atoms with E-state index in [-0.39, 0.29) is 36.3 Å². The quantitative estimate of drug-likeness (QED) is 0.324. The third kappa shape index (κ3) is 9.85. The number of likely N-dealkylation sites (N-methyl/N-ethyl adjacent to an activating group) is 1. The zero-order valence-electron chi connectivity index (χ0n) is 17.1. The number of para-hydroxylation sites is 1. The third-order valence-electron chi connectivity index (χ3n) is 4.65. The molecule has 0 aromatic heterocycles. The van der Waals surface area contributed by atoms with Crippen molar-refractivity contribution >= 4 is 29.9 Å². The molecular formula is C19H31F3IN5O. The smallest absolute Gasteiger partial charge is 0.405 e. The van der Waals surface area contributed by atoms with Crippen LogP contribution < -0.4 is 15.4 Å². The highest BCUT2D eigenvalue weighted by Gasteiger charge is 2.31. The maximum absolute atomic E-state index is 12.5. The van der Waals surface area contributed by atoms with Gasteiger partial charge in [0.25, 0.3) is 0 Å². The van der Waals surface area contributed by atoms with Crippen molar-refractivity contribution in [2.75, 3.05) is 53.4 Å². The summed E-state index contributed by atoms with van der Waals surface area (Å²) < 4.78 is 41.7. The average molecular weight is 529 g/mol. The van der Waals surface area contributed by atoms with Crippen molar-refractivity contribution in [1.82, 2.24) is 20.4 Å². The summed E-state index contributed by atoms with van der Waals surface area (Å²) in [5.41, 5.74) is 0.410. The molecule has 0 amide bonds. The van der Waals surface area contributed by atoms with Crippen LogP contribution in [0.3, 0.4) is 0 Å². The fourth-order valence-electron chi connectivity index (χ4n) is 3.08. The molecule has 6 nitrogen and oxygen atoms in total. The number of alkyl halides is 3. The number of guanidine groups is 1. The Bertz CT molecular complexity index is 637. The molecule has 166 valence electrons. The normalized spacial score (nSPS) is 17.4. The minimum absolute atomic E-state index is 0. The molecule has 1 aromatic carbocycles. The van der Waals surface area contributed by atoms with Gasteiger partial charge in [0.2, 0.25) is 0 Å². The van der Waals surface area contributed by atoms with Crippen molar-refractivity contribution in [3.8, 4) is 5.75 Å². The molecule has 10 heteroatoms. The average Bonchev–Trinajstić information content (AvgIpc) is 2.64. The van der Waals surface area contributed by atoms with Crippen LogP contribution in [0.2, 0.25) is 0 Å². The Morgan fingerprint density at radius 3 is 2.45 bits per heavy atom. The number of nitrogens with one attached hydrogen (secondary N) is 2.